The maximum absolute atomic E-state index is 9.83. The summed E-state index contributed by atoms with van der Waals surface area (Å²) in [5.74, 6) is 0.650. The van der Waals surface area contributed by atoms with Gasteiger partial charge in [-0.1, -0.05) is 19.1 Å². The molecule has 0 saturated carbocycles. The van der Waals surface area contributed by atoms with Crippen molar-refractivity contribution in [3.63, 3.8) is 0 Å². The number of phenolic OH excluding ortho intramolecular Hbond substituents is 1. The normalized spacial score (nSPS) is 14.8. The summed E-state index contributed by atoms with van der Waals surface area (Å²) >= 11 is 0. The van der Waals surface area contributed by atoms with Crippen LogP contribution in [0.15, 0.2) is 18.2 Å². The highest BCUT2D eigenvalue weighted by molar-refractivity contribution is 5.40. The van der Waals surface area contributed by atoms with Crippen LogP contribution in [0.25, 0.3) is 0 Å². The van der Waals surface area contributed by atoms with Gasteiger partial charge >= 0.3 is 0 Å². The van der Waals surface area contributed by atoms with Gasteiger partial charge in [0, 0.05) is 6.61 Å². The smallest absolute Gasteiger partial charge is 0.119 e. The maximum atomic E-state index is 9.83. The van der Waals surface area contributed by atoms with Crippen molar-refractivity contribution < 1.29 is 10.2 Å². The van der Waals surface area contributed by atoms with Crippen LogP contribution in [-0.2, 0) is 0 Å². The number of aromatic hydroxyl groups is 1. The molecule has 1 aromatic rings. The number of benzene rings is 1. The number of aryl methyl sites for hydroxylation is 1. The van der Waals surface area contributed by atoms with E-state index in [1.807, 2.05) is 19.1 Å². The van der Waals surface area contributed by atoms with E-state index in [4.69, 9.17) is 10.8 Å². The number of rotatable bonds is 5. The van der Waals surface area contributed by atoms with Gasteiger partial charge in [0.05, 0.1) is 0 Å². The van der Waals surface area contributed by atoms with Gasteiger partial charge in [-0.25, -0.2) is 0 Å². The molecule has 3 heteroatoms. The largest absolute Gasteiger partial charge is 0.508 e. The van der Waals surface area contributed by atoms with Crippen molar-refractivity contribution in [2.24, 2.45) is 11.7 Å². The predicted molar refractivity (Wildman–Crippen MR) is 65.5 cm³/mol. The average Bonchev–Trinajstić information content (AvgIpc) is 2.25. The van der Waals surface area contributed by atoms with Gasteiger partial charge < -0.3 is 15.9 Å². The van der Waals surface area contributed by atoms with E-state index >= 15 is 0 Å². The third-order valence-corrected chi connectivity index (χ3v) is 3.07. The number of hydrogen-bond donors (Lipinski definition) is 3. The molecule has 90 valence electrons. The molecule has 0 saturated heterocycles. The maximum Gasteiger partial charge on any atom is 0.119 e. The van der Waals surface area contributed by atoms with Crippen LogP contribution in [0.5, 0.6) is 5.75 Å². The van der Waals surface area contributed by atoms with Crippen molar-refractivity contribution in [2.75, 3.05) is 13.2 Å². The van der Waals surface area contributed by atoms with Gasteiger partial charge in [0.1, 0.15) is 5.75 Å². The molecule has 2 atom stereocenters. The summed E-state index contributed by atoms with van der Waals surface area (Å²) in [6.45, 7) is 4.63. The number of aliphatic hydroxyl groups excluding tert-OH is 1. The molecular weight excluding hydrogens is 202 g/mol. The van der Waals surface area contributed by atoms with Crippen molar-refractivity contribution in [1.29, 1.82) is 0 Å². The molecule has 2 unspecified atom stereocenters. The molecule has 0 fully saturated rings. The van der Waals surface area contributed by atoms with Gasteiger partial charge in [-0.15, -0.1) is 0 Å². The first kappa shape index (κ1) is 13.0. The van der Waals surface area contributed by atoms with E-state index in [1.165, 1.54) is 0 Å². The van der Waals surface area contributed by atoms with Crippen molar-refractivity contribution in [2.45, 2.75) is 26.2 Å². The summed E-state index contributed by atoms with van der Waals surface area (Å²) < 4.78 is 0. The minimum Gasteiger partial charge on any atom is -0.508 e. The van der Waals surface area contributed by atoms with Crippen molar-refractivity contribution >= 4 is 0 Å². The fourth-order valence-corrected chi connectivity index (χ4v) is 2.17. The summed E-state index contributed by atoms with van der Waals surface area (Å²) in [5, 5.41) is 18.9. The van der Waals surface area contributed by atoms with Crippen LogP contribution in [0.4, 0.5) is 0 Å². The Balaban J connectivity index is 2.83. The van der Waals surface area contributed by atoms with Crippen molar-refractivity contribution in [3.8, 4) is 5.75 Å². The molecule has 16 heavy (non-hydrogen) atoms. The predicted octanol–water partition coefficient (Wildman–Crippen LogP) is 1.76. The van der Waals surface area contributed by atoms with Crippen LogP contribution in [0.2, 0.25) is 0 Å². The zero-order valence-electron chi connectivity index (χ0n) is 9.98. The van der Waals surface area contributed by atoms with Crippen LogP contribution in [-0.4, -0.2) is 23.4 Å². The van der Waals surface area contributed by atoms with Crippen LogP contribution < -0.4 is 5.73 Å². The second kappa shape index (κ2) is 5.87. The fourth-order valence-electron chi connectivity index (χ4n) is 2.17. The molecule has 4 N–H and O–H groups in total. The first-order valence-electron chi connectivity index (χ1n) is 5.69. The van der Waals surface area contributed by atoms with Crippen molar-refractivity contribution in [1.82, 2.24) is 0 Å². The molecule has 1 aromatic carbocycles. The minimum absolute atomic E-state index is 0.105. The van der Waals surface area contributed by atoms with Crippen LogP contribution >= 0.6 is 0 Å². The quantitative estimate of drug-likeness (QED) is 0.712. The van der Waals surface area contributed by atoms with Gasteiger partial charge in [-0.05, 0) is 48.9 Å². The lowest BCUT2D eigenvalue weighted by Crippen LogP contribution is -2.20. The third-order valence-electron chi connectivity index (χ3n) is 3.07. The molecule has 0 spiro atoms. The molecule has 0 aliphatic carbocycles. The van der Waals surface area contributed by atoms with E-state index in [0.29, 0.717) is 12.3 Å². The Morgan fingerprint density at radius 1 is 1.38 bits per heavy atom. The summed E-state index contributed by atoms with van der Waals surface area (Å²) in [5.41, 5.74) is 7.61. The summed E-state index contributed by atoms with van der Waals surface area (Å²) in [6, 6.07) is 5.53. The van der Waals surface area contributed by atoms with Crippen LogP contribution in [0.3, 0.4) is 0 Å². The van der Waals surface area contributed by atoms with E-state index in [0.717, 1.165) is 17.5 Å². The first-order valence-corrected chi connectivity index (χ1v) is 5.69. The van der Waals surface area contributed by atoms with E-state index in [1.54, 1.807) is 6.07 Å². The minimum atomic E-state index is 0.105. The molecule has 3 nitrogen and oxygen atoms in total. The second-order valence-electron chi connectivity index (χ2n) is 4.43. The van der Waals surface area contributed by atoms with Gasteiger partial charge in [-0.3, -0.25) is 0 Å². The highest BCUT2D eigenvalue weighted by Crippen LogP contribution is 2.32. The van der Waals surface area contributed by atoms with Gasteiger partial charge in [0.2, 0.25) is 0 Å². The molecule has 0 amide bonds. The highest BCUT2D eigenvalue weighted by atomic mass is 16.3. The molecule has 1 rings (SSSR count). The number of aliphatic hydroxyl groups is 1. The zero-order valence-corrected chi connectivity index (χ0v) is 9.98. The lowest BCUT2D eigenvalue weighted by molar-refractivity contribution is 0.216. The van der Waals surface area contributed by atoms with E-state index < -0.39 is 0 Å². The molecule has 0 aliphatic heterocycles. The average molecular weight is 223 g/mol. The molecule has 0 radical (unpaired) electrons. The topological polar surface area (TPSA) is 66.5 Å². The van der Waals surface area contributed by atoms with Gasteiger partial charge in [0.25, 0.3) is 0 Å². The molecular formula is C13H21NO2. The van der Waals surface area contributed by atoms with Gasteiger partial charge in [-0.2, -0.15) is 0 Å². The lowest BCUT2D eigenvalue weighted by Gasteiger charge is -2.20. The Morgan fingerprint density at radius 2 is 2.06 bits per heavy atom. The number of nitrogens with two attached hydrogens (primary N) is 1. The monoisotopic (exact) mass is 223 g/mol. The number of phenols is 1. The third kappa shape index (κ3) is 2.97. The highest BCUT2D eigenvalue weighted by Gasteiger charge is 2.17. The number of hydrogen-bond acceptors (Lipinski definition) is 3. The molecule has 0 aliphatic rings. The first-order chi connectivity index (χ1) is 7.60. The molecule has 0 aromatic heterocycles. The lowest BCUT2D eigenvalue weighted by atomic mass is 9.87. The second-order valence-corrected chi connectivity index (χ2v) is 4.43. The van der Waals surface area contributed by atoms with Crippen LogP contribution in [0.1, 0.15) is 30.4 Å². The Bertz CT molecular complexity index is 314. The summed E-state index contributed by atoms with van der Waals surface area (Å²) in [6.07, 6.45) is 0.797. The zero-order chi connectivity index (χ0) is 12.1. The Morgan fingerprint density at radius 3 is 2.56 bits per heavy atom. The van der Waals surface area contributed by atoms with Gasteiger partial charge in [0.15, 0.2) is 0 Å². The standard InChI is InChI=1S/C13H21NO2/c1-9-4-3-5-12(16)13(9)10(2)6-11(7-14)8-15/h3-5,10-11,15-16H,6-8,14H2,1-2H3. The van der Waals surface area contributed by atoms with E-state index in [2.05, 4.69) is 6.92 Å². The van der Waals surface area contributed by atoms with E-state index in [9.17, 15) is 5.11 Å². The molecule has 0 heterocycles. The van der Waals surface area contributed by atoms with E-state index in [-0.39, 0.29) is 18.4 Å². The van der Waals surface area contributed by atoms with Crippen LogP contribution in [0, 0.1) is 12.8 Å². The SMILES string of the molecule is Cc1cccc(O)c1C(C)CC(CN)CO. The Kier molecular flexibility index (Phi) is 4.77. The fraction of sp³-hybridized carbons (Fsp3) is 0.538. The van der Waals surface area contributed by atoms with Crippen molar-refractivity contribution in [3.05, 3.63) is 29.3 Å². The summed E-state index contributed by atoms with van der Waals surface area (Å²) in [4.78, 5) is 0. The summed E-state index contributed by atoms with van der Waals surface area (Å²) in [7, 11) is 0. The Labute approximate surface area is 96.9 Å². The Hall–Kier alpha value is -1.06. The molecule has 0 bridgehead atoms.